The van der Waals surface area contributed by atoms with Gasteiger partial charge in [-0.15, -0.1) is 23.5 Å². The highest BCUT2D eigenvalue weighted by atomic mass is 32.2. The Balaban J connectivity index is 1.08. The lowest BCUT2D eigenvalue weighted by Gasteiger charge is -2.56. The molecule has 0 N–H and O–H groups in total. The highest BCUT2D eigenvalue weighted by Crippen LogP contribution is 2.66. The average molecular weight is 947 g/mol. The number of hydrogen-bond acceptors (Lipinski definition) is 6. The second-order valence-corrected chi connectivity index (χ2v) is 27.1. The quantitative estimate of drug-likeness (QED) is 0.0557. The first kappa shape index (κ1) is 44.3. The summed E-state index contributed by atoms with van der Waals surface area (Å²) in [5, 5.41) is 8.03. The summed E-state index contributed by atoms with van der Waals surface area (Å²) < 4.78 is 0.209. The molecule has 4 amide bonds. The van der Waals surface area contributed by atoms with Crippen molar-refractivity contribution in [3.05, 3.63) is 58.7 Å². The van der Waals surface area contributed by atoms with Crippen molar-refractivity contribution in [2.45, 2.75) is 175 Å². The van der Waals surface area contributed by atoms with Gasteiger partial charge in [0.1, 0.15) is 0 Å². The molecule has 15 rings (SSSR count). The summed E-state index contributed by atoms with van der Waals surface area (Å²) in [5.74, 6) is 4.48. The van der Waals surface area contributed by atoms with E-state index in [0.29, 0.717) is 35.3 Å². The zero-order valence-electron chi connectivity index (χ0n) is 41.0. The largest absolute Gasteiger partial charge is 0.274 e. The molecular weight excluding hydrogens is 877 g/mol. The molecule has 8 saturated carbocycles. The molecule has 8 aliphatic carbocycles. The third-order valence-electron chi connectivity index (χ3n) is 19.5. The van der Waals surface area contributed by atoms with Gasteiger partial charge in [-0.2, -0.15) is 0 Å². The average Bonchev–Trinajstić information content (AvgIpc) is 3.31. The lowest BCUT2D eigenvalue weighted by molar-refractivity contribution is 0.0382. The smallest absolute Gasteiger partial charge is 0.261 e. The number of unbranched alkanes of at least 4 members (excludes halogenated alkanes) is 2. The van der Waals surface area contributed by atoms with Crippen LogP contribution in [0, 0.1) is 47.3 Å². The van der Waals surface area contributed by atoms with E-state index in [1.54, 1.807) is 9.80 Å². The predicted octanol–water partition coefficient (Wildman–Crippen LogP) is 15.5. The van der Waals surface area contributed by atoms with E-state index in [9.17, 15) is 9.59 Å². The van der Waals surface area contributed by atoms with Gasteiger partial charge in [0.15, 0.2) is 0 Å². The maximum Gasteiger partial charge on any atom is 0.261 e. The van der Waals surface area contributed by atoms with Crippen LogP contribution < -0.4 is 0 Å². The van der Waals surface area contributed by atoms with E-state index in [2.05, 4.69) is 75.5 Å². The summed E-state index contributed by atoms with van der Waals surface area (Å²) in [7, 11) is 0. The van der Waals surface area contributed by atoms with Crippen LogP contribution in [0.2, 0.25) is 0 Å². The van der Waals surface area contributed by atoms with E-state index in [4.69, 9.17) is 0 Å². The van der Waals surface area contributed by atoms with E-state index in [0.717, 1.165) is 140 Å². The zero-order chi connectivity index (χ0) is 46.4. The summed E-state index contributed by atoms with van der Waals surface area (Å²) in [4.78, 5) is 66.1. The third kappa shape index (κ3) is 6.77. The minimum Gasteiger partial charge on any atom is -0.274 e. The molecule has 8 heteroatoms. The number of imide groups is 2. The van der Waals surface area contributed by atoms with Gasteiger partial charge < -0.3 is 0 Å². The Morgan fingerprint density at radius 3 is 1.18 bits per heavy atom. The van der Waals surface area contributed by atoms with Crippen molar-refractivity contribution in [3.63, 3.8) is 0 Å². The van der Waals surface area contributed by atoms with Gasteiger partial charge in [-0.3, -0.25) is 29.0 Å². The summed E-state index contributed by atoms with van der Waals surface area (Å²) in [5.41, 5.74) is 2.62. The summed E-state index contributed by atoms with van der Waals surface area (Å²) in [6, 6.07) is 12.9. The molecule has 10 aliphatic rings. The van der Waals surface area contributed by atoms with Gasteiger partial charge in [0, 0.05) is 81.6 Å². The van der Waals surface area contributed by atoms with Crippen LogP contribution in [0.4, 0.5) is 0 Å². The molecule has 0 aromatic heterocycles. The molecule has 8 fully saturated rings. The van der Waals surface area contributed by atoms with Gasteiger partial charge in [-0.1, -0.05) is 78.4 Å². The lowest BCUT2D eigenvalue weighted by atomic mass is 9.56. The number of fused-ring (bicyclic) bond motifs is 2. The van der Waals surface area contributed by atoms with E-state index in [1.807, 2.05) is 12.1 Å². The first-order valence-corrected chi connectivity index (χ1v) is 29.0. The zero-order valence-corrected chi connectivity index (χ0v) is 42.6. The van der Waals surface area contributed by atoms with Crippen molar-refractivity contribution in [2.24, 2.45) is 47.3 Å². The van der Waals surface area contributed by atoms with Crippen LogP contribution in [0.1, 0.15) is 198 Å². The molecule has 0 radical (unpaired) electrons. The predicted molar refractivity (Wildman–Crippen MR) is 279 cm³/mol. The van der Waals surface area contributed by atoms with Gasteiger partial charge in [0.25, 0.3) is 23.6 Å². The Kier molecular flexibility index (Phi) is 10.7. The van der Waals surface area contributed by atoms with Gasteiger partial charge in [0.2, 0.25) is 0 Å². The first-order valence-electron chi connectivity index (χ1n) is 27.4. The second kappa shape index (κ2) is 16.5. The fourth-order valence-corrected chi connectivity index (χ4v) is 20.9. The van der Waals surface area contributed by atoms with Crippen molar-refractivity contribution in [1.82, 2.24) is 9.80 Å². The van der Waals surface area contributed by atoms with E-state index >= 15 is 9.59 Å². The molecule has 68 heavy (non-hydrogen) atoms. The van der Waals surface area contributed by atoms with Crippen LogP contribution in [0.15, 0.2) is 46.2 Å². The second-order valence-electron chi connectivity index (χ2n) is 24.1. The molecule has 2 heterocycles. The molecule has 2 aliphatic heterocycles. The molecule has 5 aromatic carbocycles. The minimum atomic E-state index is -0.177. The van der Waals surface area contributed by atoms with Crippen LogP contribution in [0.25, 0.3) is 43.1 Å². The number of rotatable bonds is 16. The standard InChI is InChI=1S/C60H70N2O4S2/c1-5-9-11-33(7-3)31-61-55(63)43-15-13-41-49-42(14-16-44(50(43)49)56(61)64)53-48(68-60-28-38-20-39(29-60)22-40(21-38)30-60)24-46-51-45(57(65)62(58(46)66)32-34(8-4)12-10-6-2)23-47(52(41)54(51)53)67-59-25-35-17-36(26-59)19-37(18-35)27-59/h13-16,23-24,33-40H,5-12,17-22,25-32H2,1-4H3. The van der Waals surface area contributed by atoms with Crippen molar-refractivity contribution >= 4 is 90.2 Å². The van der Waals surface area contributed by atoms with Crippen molar-refractivity contribution < 1.29 is 19.2 Å². The van der Waals surface area contributed by atoms with Crippen molar-refractivity contribution in [2.75, 3.05) is 13.1 Å². The molecule has 5 aromatic rings. The summed E-state index contributed by atoms with van der Waals surface area (Å²) in [6.45, 7) is 9.71. The van der Waals surface area contributed by atoms with Crippen LogP contribution in [0.5, 0.6) is 0 Å². The Morgan fingerprint density at radius 1 is 0.471 bits per heavy atom. The van der Waals surface area contributed by atoms with Crippen LogP contribution >= 0.6 is 23.5 Å². The molecule has 0 saturated heterocycles. The highest BCUT2D eigenvalue weighted by molar-refractivity contribution is 8.01. The molecule has 6 nitrogen and oxygen atoms in total. The van der Waals surface area contributed by atoms with Gasteiger partial charge >= 0.3 is 0 Å². The molecule has 0 spiro atoms. The molecule has 2 atom stereocenters. The van der Waals surface area contributed by atoms with E-state index in [1.165, 1.54) is 77.0 Å². The van der Waals surface area contributed by atoms with E-state index in [-0.39, 0.29) is 45.0 Å². The maximum absolute atomic E-state index is 15.4. The normalized spacial score (nSPS) is 31.0. The number of carbonyl (C=O) groups is 4. The number of amides is 4. The minimum absolute atomic E-state index is 0.105. The first-order chi connectivity index (χ1) is 33.0. The van der Waals surface area contributed by atoms with Crippen molar-refractivity contribution in [1.29, 1.82) is 0 Å². The Morgan fingerprint density at radius 2 is 0.824 bits per heavy atom. The molecule has 8 bridgehead atoms. The number of thioether (sulfide) groups is 2. The Bertz CT molecular complexity index is 2710. The maximum atomic E-state index is 15.4. The lowest BCUT2D eigenvalue weighted by Crippen LogP contribution is -2.48. The van der Waals surface area contributed by atoms with Crippen LogP contribution in [-0.4, -0.2) is 56.0 Å². The topological polar surface area (TPSA) is 74.8 Å². The number of benzene rings is 5. The van der Waals surface area contributed by atoms with E-state index < -0.39 is 0 Å². The number of hydrogen-bond donors (Lipinski definition) is 0. The third-order valence-corrected chi connectivity index (χ3v) is 22.5. The summed E-state index contributed by atoms with van der Waals surface area (Å²) in [6.07, 6.45) is 23.7. The van der Waals surface area contributed by atoms with Crippen LogP contribution in [0.3, 0.4) is 0 Å². The van der Waals surface area contributed by atoms with Crippen molar-refractivity contribution in [3.8, 4) is 0 Å². The fraction of sp³-hybridized carbons (Fsp3) is 0.600. The number of carbonyl (C=O) groups excluding carboxylic acids is 4. The summed E-state index contributed by atoms with van der Waals surface area (Å²) >= 11 is 4.13. The molecular formula is C60H70N2O4S2. The van der Waals surface area contributed by atoms with Crippen LogP contribution in [-0.2, 0) is 0 Å². The van der Waals surface area contributed by atoms with Gasteiger partial charge in [-0.05, 0) is 178 Å². The molecule has 2 unspecified atom stereocenters. The Hall–Kier alpha value is -3.62. The monoisotopic (exact) mass is 946 g/mol. The van der Waals surface area contributed by atoms with Gasteiger partial charge in [0.05, 0.1) is 0 Å². The highest BCUT2D eigenvalue weighted by Gasteiger charge is 2.54. The fourth-order valence-electron chi connectivity index (χ4n) is 17.1. The SMILES string of the molecule is CCCCC(CC)CN1C(=O)c2ccc3c4c(SC56CC7CC(CC(C7)C5)C6)cc5c6c(cc(SC78CC9CC(CC(C9)C7)C8)c(c7ccc(c2c37)C1=O)c64)C(=O)N(CC(CC)CCCC)C5=O. The van der Waals surface area contributed by atoms with Gasteiger partial charge in [-0.25, -0.2) is 0 Å². The molecule has 356 valence electrons. The Labute approximate surface area is 411 Å². The number of nitrogens with zero attached hydrogens (tertiary/aromatic N) is 2.